The number of aryl methyl sites for hydroxylation is 3. The second-order valence-corrected chi connectivity index (χ2v) is 9.55. The van der Waals surface area contributed by atoms with Gasteiger partial charge in [0.15, 0.2) is 0 Å². The Hall–Kier alpha value is -1.96. The van der Waals surface area contributed by atoms with E-state index in [0.717, 1.165) is 33.3 Å². The molecule has 3 aromatic rings. The highest BCUT2D eigenvalue weighted by atomic mass is 32.2. The van der Waals surface area contributed by atoms with Gasteiger partial charge in [-0.3, -0.25) is 4.79 Å². The first kappa shape index (κ1) is 18.8. The first-order valence-electron chi connectivity index (χ1n) is 8.51. The van der Waals surface area contributed by atoms with Gasteiger partial charge in [0.25, 0.3) is 5.56 Å². The monoisotopic (exact) mass is 390 g/mol. The molecule has 0 aliphatic carbocycles. The zero-order valence-corrected chi connectivity index (χ0v) is 16.7. The number of pyridine rings is 1. The van der Waals surface area contributed by atoms with Crippen molar-refractivity contribution in [2.24, 2.45) is 0 Å². The van der Waals surface area contributed by atoms with Crippen molar-refractivity contribution < 1.29 is 8.42 Å². The summed E-state index contributed by atoms with van der Waals surface area (Å²) >= 11 is 1.28. The molecule has 0 amide bonds. The summed E-state index contributed by atoms with van der Waals surface area (Å²) in [6, 6.07) is 9.32. The Morgan fingerprint density at radius 3 is 2.62 bits per heavy atom. The Kier molecular flexibility index (Phi) is 5.32. The molecular weight excluding hydrogens is 368 g/mol. The number of hydrogen-bond donors (Lipinski definition) is 2. The molecule has 5 nitrogen and oxygen atoms in total. The van der Waals surface area contributed by atoms with Crippen LogP contribution in [-0.2, 0) is 22.9 Å². The summed E-state index contributed by atoms with van der Waals surface area (Å²) in [6.45, 7) is 6.16. The predicted octanol–water partition coefficient (Wildman–Crippen LogP) is 3.29. The average molecular weight is 391 g/mol. The largest absolute Gasteiger partial charge is 0.322 e. The lowest BCUT2D eigenvalue weighted by atomic mass is 10.0. The zero-order valence-electron chi connectivity index (χ0n) is 15.0. The number of aromatic nitrogens is 1. The van der Waals surface area contributed by atoms with Gasteiger partial charge in [0.05, 0.1) is 0 Å². The molecule has 0 fully saturated rings. The fraction of sp³-hybridized carbons (Fsp3) is 0.316. The van der Waals surface area contributed by atoms with Crippen molar-refractivity contribution in [2.75, 3.05) is 6.54 Å². The Balaban J connectivity index is 1.77. The third kappa shape index (κ3) is 3.90. The lowest BCUT2D eigenvalue weighted by Gasteiger charge is -2.08. The van der Waals surface area contributed by atoms with Crippen LogP contribution in [0.4, 0.5) is 0 Å². The van der Waals surface area contributed by atoms with Gasteiger partial charge in [0, 0.05) is 27.9 Å². The minimum Gasteiger partial charge on any atom is -0.322 e. The summed E-state index contributed by atoms with van der Waals surface area (Å²) in [4.78, 5) is 16.2. The van der Waals surface area contributed by atoms with Gasteiger partial charge in [0.1, 0.15) is 4.21 Å². The van der Waals surface area contributed by atoms with Crippen molar-refractivity contribution in [1.82, 2.24) is 9.71 Å². The van der Waals surface area contributed by atoms with Gasteiger partial charge in [0.2, 0.25) is 10.0 Å². The number of thiophene rings is 1. The molecule has 1 aromatic carbocycles. The maximum absolute atomic E-state index is 12.4. The number of nitrogens with one attached hydrogen (secondary N) is 2. The Morgan fingerprint density at radius 2 is 1.92 bits per heavy atom. The summed E-state index contributed by atoms with van der Waals surface area (Å²) in [5, 5.41) is 0.985. The van der Waals surface area contributed by atoms with Crippen LogP contribution in [0, 0.1) is 13.8 Å². The minimum absolute atomic E-state index is 0.175. The summed E-state index contributed by atoms with van der Waals surface area (Å²) < 4.78 is 27.6. The Bertz CT molecular complexity index is 1110. The molecule has 0 atom stereocenters. The summed E-state index contributed by atoms with van der Waals surface area (Å²) in [5.41, 5.74) is 3.39. The Labute approximate surface area is 157 Å². The molecular formula is C19H22N2O3S2. The van der Waals surface area contributed by atoms with E-state index in [-0.39, 0.29) is 12.1 Å². The van der Waals surface area contributed by atoms with Crippen LogP contribution in [-0.4, -0.2) is 19.9 Å². The SMILES string of the molecule is CCc1ccc(S(=O)(=O)NCCc2cc3c(C)cc(C)cc3[nH]c2=O)s1. The van der Waals surface area contributed by atoms with Gasteiger partial charge >= 0.3 is 0 Å². The van der Waals surface area contributed by atoms with Crippen molar-refractivity contribution in [3.8, 4) is 0 Å². The number of benzene rings is 1. The van der Waals surface area contributed by atoms with Gasteiger partial charge in [-0.2, -0.15) is 0 Å². The van der Waals surface area contributed by atoms with Crippen LogP contribution in [0.25, 0.3) is 10.9 Å². The van der Waals surface area contributed by atoms with Crippen LogP contribution >= 0.6 is 11.3 Å². The molecule has 0 unspecified atom stereocenters. The van der Waals surface area contributed by atoms with Crippen molar-refractivity contribution in [1.29, 1.82) is 0 Å². The molecule has 0 spiro atoms. The van der Waals surface area contributed by atoms with Gasteiger partial charge in [-0.25, -0.2) is 13.1 Å². The molecule has 0 bridgehead atoms. The maximum Gasteiger partial charge on any atom is 0.251 e. The normalized spacial score (nSPS) is 12.0. The molecule has 0 saturated heterocycles. The van der Waals surface area contributed by atoms with E-state index in [1.165, 1.54) is 11.3 Å². The number of hydrogen-bond acceptors (Lipinski definition) is 4. The third-order valence-electron chi connectivity index (χ3n) is 4.33. The van der Waals surface area contributed by atoms with E-state index in [4.69, 9.17) is 0 Å². The van der Waals surface area contributed by atoms with E-state index in [1.807, 2.05) is 39.0 Å². The summed E-state index contributed by atoms with van der Waals surface area (Å²) in [5.74, 6) is 0. The number of rotatable bonds is 6. The van der Waals surface area contributed by atoms with Crippen LogP contribution in [0.5, 0.6) is 0 Å². The standard InChI is InChI=1S/C19H22N2O3S2/c1-4-15-5-6-18(25-15)26(23,24)20-8-7-14-11-16-13(3)9-12(2)10-17(16)21-19(14)22/h5-6,9-11,20H,4,7-8H2,1-3H3,(H,21,22). The van der Waals surface area contributed by atoms with Crippen LogP contribution in [0.2, 0.25) is 0 Å². The van der Waals surface area contributed by atoms with Crippen molar-refractivity contribution in [3.63, 3.8) is 0 Å². The van der Waals surface area contributed by atoms with Gasteiger partial charge in [-0.1, -0.05) is 13.0 Å². The number of aromatic amines is 1. The highest BCUT2D eigenvalue weighted by Gasteiger charge is 2.16. The molecule has 26 heavy (non-hydrogen) atoms. The van der Waals surface area contributed by atoms with Crippen LogP contribution in [0.15, 0.2) is 39.3 Å². The van der Waals surface area contributed by atoms with Gasteiger partial charge in [-0.05, 0) is 62.1 Å². The average Bonchev–Trinajstić information content (AvgIpc) is 3.05. The van der Waals surface area contributed by atoms with Crippen LogP contribution in [0.3, 0.4) is 0 Å². The molecule has 138 valence electrons. The van der Waals surface area contributed by atoms with Crippen molar-refractivity contribution in [2.45, 2.75) is 37.8 Å². The first-order valence-corrected chi connectivity index (χ1v) is 10.8. The molecule has 0 aliphatic heterocycles. The Morgan fingerprint density at radius 1 is 1.15 bits per heavy atom. The smallest absolute Gasteiger partial charge is 0.251 e. The highest BCUT2D eigenvalue weighted by molar-refractivity contribution is 7.91. The van der Waals surface area contributed by atoms with E-state index in [1.54, 1.807) is 6.07 Å². The molecule has 2 N–H and O–H groups in total. The number of H-pyrrole nitrogens is 1. The van der Waals surface area contributed by atoms with Crippen LogP contribution in [0.1, 0.15) is 28.5 Å². The number of sulfonamides is 1. The van der Waals surface area contributed by atoms with Crippen molar-refractivity contribution >= 4 is 32.3 Å². The number of fused-ring (bicyclic) bond motifs is 1. The van der Waals surface area contributed by atoms with Crippen LogP contribution < -0.4 is 10.3 Å². The quantitative estimate of drug-likeness (QED) is 0.678. The zero-order chi connectivity index (χ0) is 18.9. The van der Waals surface area contributed by atoms with E-state index < -0.39 is 10.0 Å². The molecule has 2 heterocycles. The van der Waals surface area contributed by atoms with E-state index in [0.29, 0.717) is 16.2 Å². The summed E-state index contributed by atoms with van der Waals surface area (Å²) in [7, 11) is -3.53. The fourth-order valence-corrected chi connectivity index (χ4v) is 5.36. The van der Waals surface area contributed by atoms with E-state index in [2.05, 4.69) is 15.8 Å². The van der Waals surface area contributed by atoms with Gasteiger partial charge < -0.3 is 4.98 Å². The van der Waals surface area contributed by atoms with E-state index >= 15 is 0 Å². The molecule has 7 heteroatoms. The molecule has 0 saturated carbocycles. The van der Waals surface area contributed by atoms with Crippen molar-refractivity contribution in [3.05, 3.63) is 62.3 Å². The van der Waals surface area contributed by atoms with Gasteiger partial charge in [-0.15, -0.1) is 11.3 Å². The molecule has 3 rings (SSSR count). The predicted molar refractivity (Wildman–Crippen MR) is 107 cm³/mol. The molecule has 0 aliphatic rings. The second kappa shape index (κ2) is 7.34. The second-order valence-electron chi connectivity index (χ2n) is 6.39. The topological polar surface area (TPSA) is 79.0 Å². The molecule has 0 radical (unpaired) electrons. The molecule has 2 aromatic heterocycles. The van der Waals surface area contributed by atoms with E-state index in [9.17, 15) is 13.2 Å². The lowest BCUT2D eigenvalue weighted by Crippen LogP contribution is -2.27. The highest BCUT2D eigenvalue weighted by Crippen LogP contribution is 2.22. The maximum atomic E-state index is 12.4. The summed E-state index contributed by atoms with van der Waals surface area (Å²) in [6.07, 6.45) is 1.15. The first-order chi connectivity index (χ1) is 12.3. The fourth-order valence-electron chi connectivity index (χ4n) is 2.99. The minimum atomic E-state index is -3.53. The third-order valence-corrected chi connectivity index (χ3v) is 7.51. The lowest BCUT2D eigenvalue weighted by molar-refractivity contribution is 0.583.